The molecule has 0 bridgehead atoms. The van der Waals surface area contributed by atoms with Crippen LogP contribution in [-0.4, -0.2) is 0 Å². The van der Waals surface area contributed by atoms with E-state index in [0.717, 1.165) is 65.1 Å². The molecule has 0 aromatic heterocycles. The SMILES string of the molecule is CCC1CC(C2CCC(C)C2)CCC1C.CCCCC1C(C)CC2CCCC2C1C1CCCCCCCC1. The number of hydrogen-bond acceptors (Lipinski definition) is 0. The van der Waals surface area contributed by atoms with E-state index in [4.69, 9.17) is 0 Å². The molecule has 0 nitrogen and oxygen atoms in total. The standard InChI is InChI=1S/C23H42.C15H28/c1-3-4-15-21-18(2)17-20-14-11-16-22(20)23(21)19-12-9-7-5-6-8-10-13-19;1-4-13-10-15(8-6-12(13)3)14-7-5-11(2)9-14/h18-23H,3-17H2,1-2H3;11-15H,4-10H2,1-3H3. The molecule has 5 fully saturated rings. The highest BCUT2D eigenvalue weighted by Gasteiger charge is 2.47. The van der Waals surface area contributed by atoms with Gasteiger partial charge in [0.2, 0.25) is 0 Å². The zero-order valence-corrected chi connectivity index (χ0v) is 26.9. The van der Waals surface area contributed by atoms with E-state index in [1.807, 2.05) is 0 Å². The fourth-order valence-electron chi connectivity index (χ4n) is 11.0. The molecule has 10 atom stereocenters. The van der Waals surface area contributed by atoms with Gasteiger partial charge >= 0.3 is 0 Å². The van der Waals surface area contributed by atoms with E-state index in [0.29, 0.717) is 0 Å². The number of fused-ring (bicyclic) bond motifs is 1. The highest BCUT2D eigenvalue weighted by Crippen LogP contribution is 2.55. The first kappa shape index (κ1) is 30.9. The van der Waals surface area contributed by atoms with Gasteiger partial charge in [0, 0.05) is 0 Å². The minimum Gasteiger partial charge on any atom is -0.0654 e. The average Bonchev–Trinajstić information content (AvgIpc) is 3.59. The van der Waals surface area contributed by atoms with Crippen molar-refractivity contribution < 1.29 is 0 Å². The van der Waals surface area contributed by atoms with E-state index in [9.17, 15) is 0 Å². The Kier molecular flexibility index (Phi) is 12.9. The molecular formula is C38H70. The van der Waals surface area contributed by atoms with Crippen molar-refractivity contribution in [2.45, 2.75) is 176 Å². The van der Waals surface area contributed by atoms with E-state index in [1.54, 1.807) is 51.4 Å². The van der Waals surface area contributed by atoms with Gasteiger partial charge in [0.1, 0.15) is 0 Å². The van der Waals surface area contributed by atoms with Gasteiger partial charge in [0.05, 0.1) is 0 Å². The van der Waals surface area contributed by atoms with Crippen LogP contribution in [0.2, 0.25) is 0 Å². The first-order chi connectivity index (χ1) is 18.5. The second-order valence-corrected chi connectivity index (χ2v) is 15.8. The van der Waals surface area contributed by atoms with Crippen molar-refractivity contribution in [3.05, 3.63) is 0 Å². The van der Waals surface area contributed by atoms with Crippen LogP contribution in [0, 0.1) is 65.1 Å². The molecule has 0 aromatic carbocycles. The van der Waals surface area contributed by atoms with Crippen LogP contribution in [0.15, 0.2) is 0 Å². The van der Waals surface area contributed by atoms with E-state index in [1.165, 1.54) is 89.9 Å². The zero-order valence-electron chi connectivity index (χ0n) is 26.9. The predicted molar refractivity (Wildman–Crippen MR) is 168 cm³/mol. The fraction of sp³-hybridized carbons (Fsp3) is 1.00. The molecule has 5 saturated carbocycles. The molecule has 0 spiro atoms. The van der Waals surface area contributed by atoms with Crippen LogP contribution in [0.25, 0.3) is 0 Å². The Morgan fingerprint density at radius 3 is 1.84 bits per heavy atom. The zero-order chi connectivity index (χ0) is 26.9. The molecule has 222 valence electrons. The normalized spacial score (nSPS) is 42.9. The number of hydrogen-bond donors (Lipinski definition) is 0. The predicted octanol–water partition coefficient (Wildman–Crippen LogP) is 12.5. The Balaban J connectivity index is 0.000000194. The third-order valence-electron chi connectivity index (χ3n) is 13.3. The quantitative estimate of drug-likeness (QED) is 0.323. The minimum absolute atomic E-state index is 1.00. The molecule has 5 aliphatic rings. The summed E-state index contributed by atoms with van der Waals surface area (Å²) in [5.74, 6) is 11.8. The van der Waals surface area contributed by atoms with Gasteiger partial charge < -0.3 is 0 Å². The van der Waals surface area contributed by atoms with Gasteiger partial charge in [-0.1, -0.05) is 131 Å². The topological polar surface area (TPSA) is 0 Å². The first-order valence-corrected chi connectivity index (χ1v) is 18.5. The number of rotatable bonds is 6. The Labute approximate surface area is 240 Å². The van der Waals surface area contributed by atoms with Crippen LogP contribution in [0.5, 0.6) is 0 Å². The molecule has 0 N–H and O–H groups in total. The molecule has 0 amide bonds. The highest BCUT2D eigenvalue weighted by atomic mass is 14.5. The third-order valence-corrected chi connectivity index (χ3v) is 13.3. The summed E-state index contributed by atoms with van der Waals surface area (Å²) in [7, 11) is 0. The van der Waals surface area contributed by atoms with Gasteiger partial charge in [-0.05, 0) is 110 Å². The van der Waals surface area contributed by atoms with E-state index in [-0.39, 0.29) is 0 Å². The maximum absolute atomic E-state index is 2.62. The van der Waals surface area contributed by atoms with Crippen LogP contribution in [0.3, 0.4) is 0 Å². The van der Waals surface area contributed by atoms with Gasteiger partial charge in [-0.2, -0.15) is 0 Å². The Bertz CT molecular complexity index is 626. The maximum atomic E-state index is 2.62. The second-order valence-electron chi connectivity index (χ2n) is 15.8. The van der Waals surface area contributed by atoms with E-state index in [2.05, 4.69) is 34.6 Å². The molecule has 0 radical (unpaired) electrons. The summed E-state index contributed by atoms with van der Waals surface area (Å²) in [4.78, 5) is 0. The van der Waals surface area contributed by atoms with E-state index >= 15 is 0 Å². The first-order valence-electron chi connectivity index (χ1n) is 18.5. The second kappa shape index (κ2) is 15.9. The summed E-state index contributed by atoms with van der Waals surface area (Å²) in [5.41, 5.74) is 0. The number of unbranched alkanes of at least 4 members (excludes halogenated alkanes) is 1. The molecule has 0 heterocycles. The smallest absolute Gasteiger partial charge is 0.0324 e. The third kappa shape index (κ3) is 8.28. The largest absolute Gasteiger partial charge is 0.0654 e. The van der Waals surface area contributed by atoms with Crippen molar-refractivity contribution in [1.29, 1.82) is 0 Å². The van der Waals surface area contributed by atoms with E-state index < -0.39 is 0 Å². The van der Waals surface area contributed by atoms with Crippen LogP contribution in [0.1, 0.15) is 176 Å². The molecule has 38 heavy (non-hydrogen) atoms. The summed E-state index contributed by atoms with van der Waals surface area (Å²) in [6, 6.07) is 0. The lowest BCUT2D eigenvalue weighted by Gasteiger charge is -2.48. The summed E-state index contributed by atoms with van der Waals surface area (Å²) < 4.78 is 0. The van der Waals surface area contributed by atoms with Crippen molar-refractivity contribution in [2.75, 3.05) is 0 Å². The maximum Gasteiger partial charge on any atom is -0.0324 e. The van der Waals surface area contributed by atoms with Crippen molar-refractivity contribution >= 4 is 0 Å². The molecule has 0 aromatic rings. The molecule has 0 saturated heterocycles. The van der Waals surface area contributed by atoms with Crippen LogP contribution in [0.4, 0.5) is 0 Å². The summed E-state index contributed by atoms with van der Waals surface area (Å²) in [6.45, 7) is 12.3. The molecule has 5 aliphatic carbocycles. The van der Waals surface area contributed by atoms with Gasteiger partial charge in [-0.15, -0.1) is 0 Å². The Morgan fingerprint density at radius 1 is 0.526 bits per heavy atom. The summed E-state index contributed by atoms with van der Waals surface area (Å²) in [5, 5.41) is 0. The average molecular weight is 527 g/mol. The Morgan fingerprint density at radius 2 is 1.18 bits per heavy atom. The van der Waals surface area contributed by atoms with Gasteiger partial charge in [-0.25, -0.2) is 0 Å². The molecular weight excluding hydrogens is 456 g/mol. The summed E-state index contributed by atoms with van der Waals surface area (Å²) >= 11 is 0. The van der Waals surface area contributed by atoms with Gasteiger partial charge in [0.15, 0.2) is 0 Å². The van der Waals surface area contributed by atoms with Crippen molar-refractivity contribution in [3.8, 4) is 0 Å². The van der Waals surface area contributed by atoms with Crippen molar-refractivity contribution in [3.63, 3.8) is 0 Å². The lowest BCUT2D eigenvalue weighted by molar-refractivity contribution is 0.00764. The van der Waals surface area contributed by atoms with Gasteiger partial charge in [-0.3, -0.25) is 0 Å². The fourth-order valence-corrected chi connectivity index (χ4v) is 11.0. The molecule has 0 aliphatic heterocycles. The lowest BCUT2D eigenvalue weighted by atomic mass is 9.57. The monoisotopic (exact) mass is 527 g/mol. The summed E-state index contributed by atoms with van der Waals surface area (Å²) in [6.07, 6.45) is 33.6. The van der Waals surface area contributed by atoms with Crippen LogP contribution >= 0.6 is 0 Å². The molecule has 5 rings (SSSR count). The van der Waals surface area contributed by atoms with Crippen LogP contribution in [-0.2, 0) is 0 Å². The van der Waals surface area contributed by atoms with Crippen molar-refractivity contribution in [1.82, 2.24) is 0 Å². The lowest BCUT2D eigenvalue weighted by Crippen LogP contribution is -2.41. The van der Waals surface area contributed by atoms with Crippen molar-refractivity contribution in [2.24, 2.45) is 65.1 Å². The van der Waals surface area contributed by atoms with Gasteiger partial charge in [0.25, 0.3) is 0 Å². The molecule has 0 heteroatoms. The minimum atomic E-state index is 1.00. The Hall–Kier alpha value is 0. The highest BCUT2D eigenvalue weighted by molar-refractivity contribution is 4.96. The van der Waals surface area contributed by atoms with Crippen LogP contribution < -0.4 is 0 Å². The molecule has 10 unspecified atom stereocenters.